The Morgan fingerprint density at radius 1 is 1.05 bits per heavy atom. The van der Waals surface area contributed by atoms with Crippen molar-refractivity contribution in [2.45, 2.75) is 13.8 Å². The lowest BCUT2D eigenvalue weighted by Crippen LogP contribution is -1.93. The third-order valence-corrected chi connectivity index (χ3v) is 2.95. The lowest BCUT2D eigenvalue weighted by atomic mass is 10.1. The minimum Gasteiger partial charge on any atom is -0.494 e. The Hall–Kier alpha value is -2.35. The van der Waals surface area contributed by atoms with Crippen LogP contribution in [-0.2, 0) is 0 Å². The summed E-state index contributed by atoms with van der Waals surface area (Å²) in [7, 11) is 0. The predicted octanol–water partition coefficient (Wildman–Crippen LogP) is 4.29. The number of ketones is 1. The summed E-state index contributed by atoms with van der Waals surface area (Å²) in [6.07, 6.45) is 3.41. The van der Waals surface area contributed by atoms with Gasteiger partial charge < -0.3 is 4.74 Å². The molecule has 20 heavy (non-hydrogen) atoms. The number of aryl methyl sites for hydroxylation is 1. The molecular formula is C18H18O2. The number of allylic oxidation sites excluding steroid dienone is 1. The average molecular weight is 266 g/mol. The first-order chi connectivity index (χ1) is 9.69. The first kappa shape index (κ1) is 14.1. The summed E-state index contributed by atoms with van der Waals surface area (Å²) < 4.78 is 5.38. The first-order valence-corrected chi connectivity index (χ1v) is 6.71. The van der Waals surface area contributed by atoms with Gasteiger partial charge in [0.05, 0.1) is 6.61 Å². The second kappa shape index (κ2) is 6.71. The molecule has 0 aliphatic heterocycles. The quantitative estimate of drug-likeness (QED) is 0.596. The van der Waals surface area contributed by atoms with Crippen LogP contribution in [0.3, 0.4) is 0 Å². The molecule has 0 aliphatic carbocycles. The Bertz CT molecular complexity index is 592. The number of hydrogen-bond donors (Lipinski definition) is 0. The van der Waals surface area contributed by atoms with Gasteiger partial charge in [-0.05, 0) is 37.6 Å². The smallest absolute Gasteiger partial charge is 0.185 e. The van der Waals surface area contributed by atoms with Gasteiger partial charge in [0.25, 0.3) is 0 Å². The molecule has 2 rings (SSSR count). The zero-order chi connectivity index (χ0) is 14.4. The first-order valence-electron chi connectivity index (χ1n) is 6.71. The zero-order valence-electron chi connectivity index (χ0n) is 11.8. The van der Waals surface area contributed by atoms with Crippen LogP contribution in [-0.4, -0.2) is 12.4 Å². The summed E-state index contributed by atoms with van der Waals surface area (Å²) >= 11 is 0. The molecule has 0 fully saturated rings. The molecule has 0 atom stereocenters. The molecule has 0 unspecified atom stereocenters. The van der Waals surface area contributed by atoms with Crippen LogP contribution in [0, 0.1) is 6.92 Å². The molecule has 0 spiro atoms. The molecule has 2 nitrogen and oxygen atoms in total. The van der Waals surface area contributed by atoms with E-state index in [0.29, 0.717) is 12.2 Å². The molecule has 0 N–H and O–H groups in total. The molecule has 0 aliphatic rings. The van der Waals surface area contributed by atoms with Crippen molar-refractivity contribution in [2.24, 2.45) is 0 Å². The number of rotatable bonds is 5. The van der Waals surface area contributed by atoms with Crippen LogP contribution in [0.1, 0.15) is 28.4 Å². The van der Waals surface area contributed by atoms with Gasteiger partial charge in [-0.2, -0.15) is 0 Å². The third-order valence-electron chi connectivity index (χ3n) is 2.95. The monoisotopic (exact) mass is 266 g/mol. The van der Waals surface area contributed by atoms with E-state index in [-0.39, 0.29) is 5.78 Å². The van der Waals surface area contributed by atoms with Crippen LogP contribution in [0.15, 0.2) is 54.6 Å². The highest BCUT2D eigenvalue weighted by Gasteiger charge is 2.00. The van der Waals surface area contributed by atoms with Crippen molar-refractivity contribution in [2.75, 3.05) is 6.61 Å². The predicted molar refractivity (Wildman–Crippen MR) is 82.2 cm³/mol. The SMILES string of the molecule is CCOc1ccc(C=CC(=O)c2ccc(C)cc2)cc1. The number of ether oxygens (including phenoxy) is 1. The van der Waals surface area contributed by atoms with Gasteiger partial charge in [0, 0.05) is 5.56 Å². The van der Waals surface area contributed by atoms with Gasteiger partial charge in [-0.1, -0.05) is 48.0 Å². The van der Waals surface area contributed by atoms with Crippen LogP contribution >= 0.6 is 0 Å². The fraction of sp³-hybridized carbons (Fsp3) is 0.167. The number of carbonyl (C=O) groups is 1. The number of hydrogen-bond acceptors (Lipinski definition) is 2. The van der Waals surface area contributed by atoms with E-state index in [4.69, 9.17) is 4.74 Å². The molecule has 0 amide bonds. The molecule has 0 saturated carbocycles. The van der Waals surface area contributed by atoms with Gasteiger partial charge in [-0.15, -0.1) is 0 Å². The van der Waals surface area contributed by atoms with Gasteiger partial charge in [-0.3, -0.25) is 4.79 Å². The molecule has 0 radical (unpaired) electrons. The second-order valence-electron chi connectivity index (χ2n) is 4.57. The molecule has 0 heterocycles. The molecule has 2 heteroatoms. The van der Waals surface area contributed by atoms with Crippen molar-refractivity contribution in [3.8, 4) is 5.75 Å². The molecule has 2 aromatic carbocycles. The van der Waals surface area contributed by atoms with E-state index in [1.807, 2.05) is 68.5 Å². The van der Waals surface area contributed by atoms with E-state index in [9.17, 15) is 4.79 Å². The fourth-order valence-electron chi connectivity index (χ4n) is 1.83. The van der Waals surface area contributed by atoms with Crippen LogP contribution < -0.4 is 4.74 Å². The normalized spacial score (nSPS) is 10.7. The van der Waals surface area contributed by atoms with Gasteiger partial charge in [0.15, 0.2) is 5.78 Å². The van der Waals surface area contributed by atoms with Crippen molar-refractivity contribution >= 4 is 11.9 Å². The van der Waals surface area contributed by atoms with Gasteiger partial charge in [0.2, 0.25) is 0 Å². The van der Waals surface area contributed by atoms with Crippen molar-refractivity contribution in [3.05, 3.63) is 71.3 Å². The molecule has 0 saturated heterocycles. The molecule has 102 valence electrons. The highest BCUT2D eigenvalue weighted by Crippen LogP contribution is 2.13. The number of carbonyl (C=O) groups excluding carboxylic acids is 1. The van der Waals surface area contributed by atoms with Crippen molar-refractivity contribution < 1.29 is 9.53 Å². The maximum absolute atomic E-state index is 12.0. The molecular weight excluding hydrogens is 248 g/mol. The molecule has 0 bridgehead atoms. The van der Waals surface area contributed by atoms with Crippen molar-refractivity contribution in [1.82, 2.24) is 0 Å². The summed E-state index contributed by atoms with van der Waals surface area (Å²) in [5, 5.41) is 0. The number of benzene rings is 2. The Balaban J connectivity index is 2.04. The van der Waals surface area contributed by atoms with E-state index in [1.165, 1.54) is 0 Å². The van der Waals surface area contributed by atoms with Gasteiger partial charge in [-0.25, -0.2) is 0 Å². The minimum atomic E-state index is 0.0129. The van der Waals surface area contributed by atoms with Gasteiger partial charge >= 0.3 is 0 Å². The summed E-state index contributed by atoms with van der Waals surface area (Å²) in [4.78, 5) is 12.0. The topological polar surface area (TPSA) is 26.3 Å². The third kappa shape index (κ3) is 3.82. The van der Waals surface area contributed by atoms with Gasteiger partial charge in [0.1, 0.15) is 5.75 Å². The lowest BCUT2D eigenvalue weighted by molar-refractivity contribution is 0.104. The second-order valence-corrected chi connectivity index (χ2v) is 4.57. The summed E-state index contributed by atoms with van der Waals surface area (Å²) in [5.41, 5.74) is 2.84. The largest absolute Gasteiger partial charge is 0.494 e. The summed E-state index contributed by atoms with van der Waals surface area (Å²) in [6, 6.07) is 15.3. The van der Waals surface area contributed by atoms with E-state index in [1.54, 1.807) is 6.08 Å². The Labute approximate surface area is 119 Å². The standard InChI is InChI=1S/C18H18O2/c1-3-20-17-11-6-15(7-12-17)8-13-18(19)16-9-4-14(2)5-10-16/h4-13H,3H2,1-2H3. The average Bonchev–Trinajstić information content (AvgIpc) is 2.47. The Kier molecular flexibility index (Phi) is 4.72. The van der Waals surface area contributed by atoms with Crippen LogP contribution in [0.25, 0.3) is 6.08 Å². The molecule has 2 aromatic rings. The van der Waals surface area contributed by atoms with Crippen molar-refractivity contribution in [1.29, 1.82) is 0 Å². The highest BCUT2D eigenvalue weighted by atomic mass is 16.5. The fourth-order valence-corrected chi connectivity index (χ4v) is 1.83. The molecule has 0 aromatic heterocycles. The van der Waals surface area contributed by atoms with E-state index < -0.39 is 0 Å². The maximum atomic E-state index is 12.0. The lowest BCUT2D eigenvalue weighted by Gasteiger charge is -2.02. The minimum absolute atomic E-state index is 0.0129. The van der Waals surface area contributed by atoms with E-state index in [0.717, 1.165) is 16.9 Å². The van der Waals surface area contributed by atoms with Crippen LogP contribution in [0.5, 0.6) is 5.75 Å². The van der Waals surface area contributed by atoms with Crippen LogP contribution in [0.4, 0.5) is 0 Å². The summed E-state index contributed by atoms with van der Waals surface area (Å²) in [6.45, 7) is 4.61. The van der Waals surface area contributed by atoms with E-state index >= 15 is 0 Å². The van der Waals surface area contributed by atoms with Crippen LogP contribution in [0.2, 0.25) is 0 Å². The Morgan fingerprint density at radius 3 is 2.30 bits per heavy atom. The maximum Gasteiger partial charge on any atom is 0.185 e. The highest BCUT2D eigenvalue weighted by molar-refractivity contribution is 6.06. The zero-order valence-corrected chi connectivity index (χ0v) is 11.8. The summed E-state index contributed by atoms with van der Waals surface area (Å²) in [5.74, 6) is 0.855. The van der Waals surface area contributed by atoms with E-state index in [2.05, 4.69) is 0 Å². The van der Waals surface area contributed by atoms with Crippen molar-refractivity contribution in [3.63, 3.8) is 0 Å². The Morgan fingerprint density at radius 2 is 1.70 bits per heavy atom.